The molecular formula is C8H8Br4N2O2. The van der Waals surface area contributed by atoms with E-state index in [4.69, 9.17) is 0 Å². The maximum absolute atomic E-state index is 11.9. The summed E-state index contributed by atoms with van der Waals surface area (Å²) in [4.78, 5) is 23.6. The smallest absolute Gasteiger partial charge is 0.294 e. The van der Waals surface area contributed by atoms with Crippen molar-refractivity contribution in [1.82, 2.24) is 9.13 Å². The van der Waals surface area contributed by atoms with Crippen molar-refractivity contribution < 1.29 is 0 Å². The van der Waals surface area contributed by atoms with Gasteiger partial charge in [0.15, 0.2) is 0 Å². The highest BCUT2D eigenvalue weighted by atomic mass is 79.9. The van der Waals surface area contributed by atoms with Crippen LogP contribution in [0.1, 0.15) is 9.43 Å². The molecule has 0 unspecified atom stereocenters. The third kappa shape index (κ3) is 2.70. The fourth-order valence-electron chi connectivity index (χ4n) is 1.26. The van der Waals surface area contributed by atoms with Crippen LogP contribution in [0.15, 0.2) is 14.1 Å². The molecule has 1 rings (SSSR count). The predicted molar refractivity (Wildman–Crippen MR) is 78.0 cm³/mol. The summed E-state index contributed by atoms with van der Waals surface area (Å²) in [5.41, 5.74) is -0.0752. The highest BCUT2D eigenvalue weighted by molar-refractivity contribution is 9.24. The third-order valence-corrected chi connectivity index (χ3v) is 4.01. The van der Waals surface area contributed by atoms with Gasteiger partial charge < -0.3 is 0 Å². The summed E-state index contributed by atoms with van der Waals surface area (Å²) in [6.45, 7) is 0.495. The number of aromatic nitrogens is 2. The Morgan fingerprint density at radius 3 is 2.31 bits per heavy atom. The van der Waals surface area contributed by atoms with E-state index in [0.717, 1.165) is 4.57 Å². The number of hydrogen-bond donors (Lipinski definition) is 0. The van der Waals surface area contributed by atoms with Gasteiger partial charge in [0, 0.05) is 18.9 Å². The zero-order valence-electron chi connectivity index (χ0n) is 8.21. The van der Waals surface area contributed by atoms with Gasteiger partial charge in [0.05, 0.1) is 5.69 Å². The highest BCUT2D eigenvalue weighted by Gasteiger charge is 2.19. The molecule has 0 saturated heterocycles. The van der Waals surface area contributed by atoms with Gasteiger partial charge in [0.1, 0.15) is 8.21 Å². The summed E-state index contributed by atoms with van der Waals surface area (Å²) in [7, 11) is 1.46. The summed E-state index contributed by atoms with van der Waals surface area (Å²) >= 11 is 13.1. The average molecular weight is 484 g/mol. The lowest BCUT2D eigenvalue weighted by molar-refractivity contribution is 0.609. The van der Waals surface area contributed by atoms with Crippen LogP contribution in [0.3, 0.4) is 0 Å². The first kappa shape index (κ1) is 14.7. The molecule has 0 spiro atoms. The van der Waals surface area contributed by atoms with E-state index in [-0.39, 0.29) is 15.0 Å². The molecule has 0 aliphatic carbocycles. The van der Waals surface area contributed by atoms with E-state index in [1.807, 2.05) is 0 Å². The zero-order chi connectivity index (χ0) is 12.5. The molecule has 0 N–H and O–H groups in total. The van der Waals surface area contributed by atoms with E-state index < -0.39 is 0 Å². The van der Waals surface area contributed by atoms with Crippen molar-refractivity contribution in [3.05, 3.63) is 31.0 Å². The molecule has 1 aromatic rings. The lowest BCUT2D eigenvalue weighted by atomic mass is 10.4. The minimum atomic E-state index is -0.338. The molecule has 16 heavy (non-hydrogen) atoms. The fraction of sp³-hybridized carbons (Fsp3) is 0.500. The molecule has 0 aliphatic rings. The van der Waals surface area contributed by atoms with E-state index in [9.17, 15) is 9.59 Å². The summed E-state index contributed by atoms with van der Waals surface area (Å²) in [5.74, 6) is 0. The second-order valence-electron chi connectivity index (χ2n) is 2.99. The van der Waals surface area contributed by atoms with E-state index in [0.29, 0.717) is 22.0 Å². The van der Waals surface area contributed by atoms with Crippen LogP contribution in [-0.4, -0.2) is 14.5 Å². The number of hydrogen-bond acceptors (Lipinski definition) is 2. The summed E-state index contributed by atoms with van der Waals surface area (Å²) < 4.78 is 2.75. The van der Waals surface area contributed by atoms with Crippen molar-refractivity contribution in [2.75, 3.05) is 5.33 Å². The molecule has 0 aliphatic heterocycles. The number of alkyl halides is 3. The topological polar surface area (TPSA) is 44.0 Å². The summed E-state index contributed by atoms with van der Waals surface area (Å²) in [6, 6.07) is 0. The van der Waals surface area contributed by atoms with Gasteiger partial charge in [-0.05, 0) is 15.9 Å². The Labute approximate surface area is 126 Å². The zero-order valence-corrected chi connectivity index (χ0v) is 14.6. The van der Waals surface area contributed by atoms with Crippen molar-refractivity contribution in [3.63, 3.8) is 0 Å². The predicted octanol–water partition coefficient (Wildman–Crippen LogP) is 2.49. The van der Waals surface area contributed by atoms with Crippen LogP contribution in [0.5, 0.6) is 0 Å². The fourth-order valence-corrected chi connectivity index (χ4v) is 3.89. The molecule has 0 aromatic carbocycles. The summed E-state index contributed by atoms with van der Waals surface area (Å²) in [5, 5.41) is 0.636. The second kappa shape index (κ2) is 5.97. The van der Waals surface area contributed by atoms with Crippen LogP contribution in [0.2, 0.25) is 0 Å². The molecule has 1 heterocycles. The first-order valence-electron chi connectivity index (χ1n) is 4.25. The SMILES string of the molecule is Cn1c(=O)c(Br)c(C(Br)Br)n(CCBr)c1=O. The highest BCUT2D eigenvalue weighted by Crippen LogP contribution is 2.31. The Morgan fingerprint density at radius 2 is 1.88 bits per heavy atom. The van der Waals surface area contributed by atoms with Gasteiger partial charge in [-0.2, -0.15) is 0 Å². The molecule has 0 saturated carbocycles. The van der Waals surface area contributed by atoms with Gasteiger partial charge in [0.25, 0.3) is 5.56 Å². The van der Waals surface area contributed by atoms with Crippen molar-refractivity contribution >= 4 is 63.7 Å². The third-order valence-electron chi connectivity index (χ3n) is 2.04. The van der Waals surface area contributed by atoms with E-state index in [1.54, 1.807) is 0 Å². The van der Waals surface area contributed by atoms with Crippen molar-refractivity contribution in [1.29, 1.82) is 0 Å². The second-order valence-corrected chi connectivity index (χ2v) is 7.63. The van der Waals surface area contributed by atoms with Crippen LogP contribution in [0.4, 0.5) is 0 Å². The largest absolute Gasteiger partial charge is 0.331 e. The maximum Gasteiger partial charge on any atom is 0.331 e. The number of nitrogens with zero attached hydrogens (tertiary/aromatic N) is 2. The van der Waals surface area contributed by atoms with Gasteiger partial charge in [-0.15, -0.1) is 0 Å². The molecule has 0 fully saturated rings. The minimum absolute atomic E-state index is 0.255. The van der Waals surface area contributed by atoms with Crippen molar-refractivity contribution in [2.45, 2.75) is 10.3 Å². The summed E-state index contributed by atoms with van der Waals surface area (Å²) in [6.07, 6.45) is 0. The average Bonchev–Trinajstić information content (AvgIpc) is 2.23. The van der Waals surface area contributed by atoms with Gasteiger partial charge in [-0.1, -0.05) is 47.8 Å². The van der Waals surface area contributed by atoms with Crippen LogP contribution in [-0.2, 0) is 13.6 Å². The molecule has 0 bridgehead atoms. The van der Waals surface area contributed by atoms with Gasteiger partial charge in [-0.3, -0.25) is 13.9 Å². The first-order valence-corrected chi connectivity index (χ1v) is 7.99. The van der Waals surface area contributed by atoms with Gasteiger partial charge in [-0.25, -0.2) is 4.79 Å². The quantitative estimate of drug-likeness (QED) is 0.620. The Bertz CT molecular complexity index is 506. The minimum Gasteiger partial charge on any atom is -0.294 e. The van der Waals surface area contributed by atoms with Crippen LogP contribution >= 0.6 is 63.7 Å². The van der Waals surface area contributed by atoms with Gasteiger partial charge >= 0.3 is 5.69 Å². The molecule has 0 radical (unpaired) electrons. The van der Waals surface area contributed by atoms with Crippen molar-refractivity contribution in [3.8, 4) is 0 Å². The molecule has 1 aromatic heterocycles. The lowest BCUT2D eigenvalue weighted by Gasteiger charge is -2.15. The van der Waals surface area contributed by atoms with E-state index in [2.05, 4.69) is 63.7 Å². The normalized spacial score (nSPS) is 11.1. The van der Waals surface area contributed by atoms with Gasteiger partial charge in [0.2, 0.25) is 0 Å². The maximum atomic E-state index is 11.9. The Morgan fingerprint density at radius 1 is 1.31 bits per heavy atom. The molecule has 0 amide bonds. The molecule has 90 valence electrons. The molecule has 8 heteroatoms. The van der Waals surface area contributed by atoms with E-state index in [1.165, 1.54) is 11.6 Å². The Hall–Kier alpha value is 0.600. The standard InChI is InChI=1S/C8H8Br4N2O2/c1-13-7(15)4(10)5(6(11)12)14(3-2-9)8(13)16/h6H,2-3H2,1H3. The lowest BCUT2D eigenvalue weighted by Crippen LogP contribution is -2.40. The first-order chi connectivity index (χ1) is 7.41. The number of rotatable bonds is 3. The van der Waals surface area contributed by atoms with Crippen molar-refractivity contribution in [2.24, 2.45) is 7.05 Å². The molecule has 4 nitrogen and oxygen atoms in total. The monoisotopic (exact) mass is 480 g/mol. The Kier molecular flexibility index (Phi) is 5.47. The van der Waals surface area contributed by atoms with E-state index >= 15 is 0 Å². The van der Waals surface area contributed by atoms with Crippen LogP contribution in [0.25, 0.3) is 0 Å². The molecule has 0 atom stereocenters. The van der Waals surface area contributed by atoms with Crippen LogP contribution in [0, 0.1) is 0 Å². The Balaban J connectivity index is 3.69. The number of halogens is 4. The molecular weight excluding hydrogens is 476 g/mol. The van der Waals surface area contributed by atoms with Crippen LogP contribution < -0.4 is 11.2 Å².